The topological polar surface area (TPSA) is 67.5 Å². The second kappa shape index (κ2) is 8.85. The number of aromatic nitrogens is 3. The van der Waals surface area contributed by atoms with E-state index in [1.54, 1.807) is 17.4 Å². The maximum absolute atomic E-state index is 12.4. The molecule has 1 saturated heterocycles. The van der Waals surface area contributed by atoms with Gasteiger partial charge in [-0.1, -0.05) is 17.4 Å². The highest BCUT2D eigenvalue weighted by Gasteiger charge is 2.25. The zero-order chi connectivity index (χ0) is 18.5. The molecule has 2 N–H and O–H groups in total. The Bertz CT molecular complexity index is 818. The maximum atomic E-state index is 12.4. The van der Waals surface area contributed by atoms with Gasteiger partial charge in [-0.3, -0.25) is 4.79 Å². The summed E-state index contributed by atoms with van der Waals surface area (Å²) in [5.41, 5.74) is 0.981. The fourth-order valence-electron chi connectivity index (χ4n) is 2.80. The third-order valence-corrected chi connectivity index (χ3v) is 6.40. The van der Waals surface area contributed by atoms with Crippen molar-refractivity contribution in [3.05, 3.63) is 32.7 Å². The summed E-state index contributed by atoms with van der Waals surface area (Å²) in [6.07, 6.45) is 2.20. The number of hydrogen-bond acceptors (Lipinski definition) is 7. The van der Waals surface area contributed by atoms with Crippen molar-refractivity contribution in [1.29, 1.82) is 0 Å². The standard InChI is InChI=1S/C16H22N6OS3/c1-3-4-17-15-19-22(16(24)26-15)11-20-5-7-21(8-6-20)14(23)9-13-18-12(2)10-25-13/h3,10H,1,4-9,11H2,2H3,(H,17,19)/p+1. The highest BCUT2D eigenvalue weighted by atomic mass is 32.1. The molecule has 0 unspecified atom stereocenters. The molecule has 0 aromatic carbocycles. The highest BCUT2D eigenvalue weighted by molar-refractivity contribution is 7.73. The number of amides is 1. The first-order valence-corrected chi connectivity index (χ1v) is 10.6. The number of quaternary nitrogens is 1. The first kappa shape index (κ1) is 19.2. The zero-order valence-corrected chi connectivity index (χ0v) is 17.2. The molecule has 1 aliphatic rings. The molecule has 0 saturated carbocycles. The van der Waals surface area contributed by atoms with E-state index >= 15 is 0 Å². The lowest BCUT2D eigenvalue weighted by Crippen LogP contribution is -3.14. The summed E-state index contributed by atoms with van der Waals surface area (Å²) in [4.78, 5) is 20.1. The van der Waals surface area contributed by atoms with E-state index in [0.29, 0.717) is 13.0 Å². The number of nitrogens with one attached hydrogen (secondary N) is 2. The van der Waals surface area contributed by atoms with Gasteiger partial charge in [0.1, 0.15) is 5.01 Å². The first-order chi connectivity index (χ1) is 12.5. The highest BCUT2D eigenvalue weighted by Crippen LogP contribution is 2.13. The zero-order valence-electron chi connectivity index (χ0n) is 14.7. The van der Waals surface area contributed by atoms with E-state index in [1.807, 2.05) is 21.9 Å². The molecule has 0 radical (unpaired) electrons. The summed E-state index contributed by atoms with van der Waals surface area (Å²) in [7, 11) is 0. The van der Waals surface area contributed by atoms with Crippen LogP contribution in [-0.2, 0) is 17.9 Å². The molecule has 7 nitrogen and oxygen atoms in total. The average Bonchev–Trinajstić information content (AvgIpc) is 3.19. The molecule has 0 bridgehead atoms. The molecule has 10 heteroatoms. The predicted molar refractivity (Wildman–Crippen MR) is 107 cm³/mol. The van der Waals surface area contributed by atoms with Crippen LogP contribution in [0.2, 0.25) is 0 Å². The van der Waals surface area contributed by atoms with Crippen molar-refractivity contribution >= 4 is 45.9 Å². The van der Waals surface area contributed by atoms with Crippen LogP contribution in [-0.4, -0.2) is 58.3 Å². The minimum atomic E-state index is 0.166. The van der Waals surface area contributed by atoms with E-state index in [9.17, 15) is 4.79 Å². The molecule has 140 valence electrons. The third-order valence-electron chi connectivity index (χ3n) is 4.17. The molecule has 2 aromatic heterocycles. The van der Waals surface area contributed by atoms with Gasteiger partial charge in [-0.2, -0.15) is 4.68 Å². The molecule has 2 aromatic rings. The fraction of sp³-hybridized carbons (Fsp3) is 0.500. The number of nitrogens with zero attached hydrogens (tertiary/aromatic N) is 4. The smallest absolute Gasteiger partial charge is 0.229 e. The lowest BCUT2D eigenvalue weighted by molar-refractivity contribution is -0.927. The van der Waals surface area contributed by atoms with Crippen LogP contribution in [0.3, 0.4) is 0 Å². The van der Waals surface area contributed by atoms with E-state index in [0.717, 1.165) is 52.6 Å². The number of carbonyl (C=O) groups excluding carboxylic acids is 1. The molecule has 1 amide bonds. The molecular formula is C16H23N6OS3+. The molecule has 26 heavy (non-hydrogen) atoms. The van der Waals surface area contributed by atoms with Gasteiger partial charge in [-0.05, 0) is 19.1 Å². The molecule has 3 heterocycles. The van der Waals surface area contributed by atoms with Crippen molar-refractivity contribution in [2.45, 2.75) is 20.0 Å². The van der Waals surface area contributed by atoms with Crippen LogP contribution in [0, 0.1) is 10.9 Å². The minimum absolute atomic E-state index is 0.166. The van der Waals surface area contributed by atoms with Gasteiger partial charge in [0.2, 0.25) is 11.0 Å². The molecular weight excluding hydrogens is 388 g/mol. The maximum Gasteiger partial charge on any atom is 0.229 e. The predicted octanol–water partition coefficient (Wildman–Crippen LogP) is 0.964. The van der Waals surface area contributed by atoms with Crippen molar-refractivity contribution in [3.8, 4) is 0 Å². The van der Waals surface area contributed by atoms with Gasteiger partial charge in [0, 0.05) is 17.6 Å². The van der Waals surface area contributed by atoms with Crippen LogP contribution in [0.25, 0.3) is 0 Å². The Morgan fingerprint density at radius 3 is 2.92 bits per heavy atom. The first-order valence-electron chi connectivity index (χ1n) is 8.50. The minimum Gasteiger partial charge on any atom is -0.357 e. The summed E-state index contributed by atoms with van der Waals surface area (Å²) >= 11 is 8.43. The SMILES string of the molecule is C=CCNc1nn(C[NH+]2CCN(C(=O)Cc3nc(C)cs3)CC2)c(=S)s1. The van der Waals surface area contributed by atoms with Crippen molar-refractivity contribution in [2.24, 2.45) is 0 Å². The van der Waals surface area contributed by atoms with Crippen LogP contribution in [0.5, 0.6) is 0 Å². The Balaban J connectivity index is 1.49. The van der Waals surface area contributed by atoms with Crippen molar-refractivity contribution in [2.75, 3.05) is 38.0 Å². The summed E-state index contributed by atoms with van der Waals surface area (Å²) in [5, 5.41) is 11.4. The van der Waals surface area contributed by atoms with Gasteiger partial charge in [-0.25, -0.2) is 4.98 Å². The number of rotatable bonds is 7. The Kier molecular flexibility index (Phi) is 6.52. The molecule has 0 spiro atoms. The number of aryl methyl sites for hydroxylation is 1. The third kappa shape index (κ3) is 4.97. The van der Waals surface area contributed by atoms with Crippen LogP contribution in [0.15, 0.2) is 18.0 Å². The van der Waals surface area contributed by atoms with E-state index < -0.39 is 0 Å². The summed E-state index contributed by atoms with van der Waals surface area (Å²) in [6.45, 7) is 10.4. The number of hydrogen-bond donors (Lipinski definition) is 2. The molecule has 0 aliphatic carbocycles. The van der Waals surface area contributed by atoms with Gasteiger partial charge >= 0.3 is 0 Å². The number of anilines is 1. The molecule has 1 fully saturated rings. The van der Waals surface area contributed by atoms with Crippen molar-refractivity contribution in [3.63, 3.8) is 0 Å². The van der Waals surface area contributed by atoms with E-state index in [2.05, 4.69) is 22.0 Å². The van der Waals surface area contributed by atoms with E-state index in [1.165, 1.54) is 16.2 Å². The summed E-state index contributed by atoms with van der Waals surface area (Å²) in [6, 6.07) is 0. The van der Waals surface area contributed by atoms with Gasteiger partial charge in [0.25, 0.3) is 0 Å². The fourth-order valence-corrected chi connectivity index (χ4v) is 4.58. The Hall–Kier alpha value is -1.62. The normalized spacial score (nSPS) is 15.2. The number of piperazine rings is 1. The Labute approximate surface area is 166 Å². The largest absolute Gasteiger partial charge is 0.357 e. The van der Waals surface area contributed by atoms with Gasteiger partial charge in [-0.15, -0.1) is 23.0 Å². The van der Waals surface area contributed by atoms with Crippen LogP contribution in [0.4, 0.5) is 5.13 Å². The van der Waals surface area contributed by atoms with Gasteiger partial charge < -0.3 is 15.1 Å². The number of thiazole rings is 1. The second-order valence-electron chi connectivity index (χ2n) is 6.19. The Morgan fingerprint density at radius 1 is 1.50 bits per heavy atom. The van der Waals surface area contributed by atoms with Crippen LogP contribution >= 0.6 is 34.9 Å². The lowest BCUT2D eigenvalue weighted by atomic mass is 10.3. The van der Waals surface area contributed by atoms with Crippen LogP contribution in [0.1, 0.15) is 10.7 Å². The second-order valence-corrected chi connectivity index (χ2v) is 8.76. The Morgan fingerprint density at radius 2 is 2.27 bits per heavy atom. The van der Waals surface area contributed by atoms with Gasteiger partial charge in [0.05, 0.1) is 32.6 Å². The summed E-state index contributed by atoms with van der Waals surface area (Å²) < 4.78 is 2.64. The van der Waals surface area contributed by atoms with Crippen molar-refractivity contribution < 1.29 is 9.69 Å². The summed E-state index contributed by atoms with van der Waals surface area (Å²) in [5.74, 6) is 0.166. The van der Waals surface area contributed by atoms with Crippen molar-refractivity contribution in [1.82, 2.24) is 19.7 Å². The lowest BCUT2D eigenvalue weighted by Gasteiger charge is -2.31. The van der Waals surface area contributed by atoms with Crippen LogP contribution < -0.4 is 10.2 Å². The average molecular weight is 412 g/mol. The monoisotopic (exact) mass is 411 g/mol. The van der Waals surface area contributed by atoms with Gasteiger partial charge in [0.15, 0.2) is 10.6 Å². The quantitative estimate of drug-likeness (QED) is 0.525. The molecule has 0 atom stereocenters. The molecule has 1 aliphatic heterocycles. The van der Waals surface area contributed by atoms with E-state index in [-0.39, 0.29) is 5.91 Å². The van der Waals surface area contributed by atoms with E-state index in [4.69, 9.17) is 12.2 Å². The number of carbonyl (C=O) groups is 1. The molecule has 3 rings (SSSR count).